The van der Waals surface area contributed by atoms with E-state index in [-0.39, 0.29) is 12.6 Å². The number of nitrogens with one attached hydrogen (secondary N) is 1. The van der Waals surface area contributed by atoms with Gasteiger partial charge in [-0.25, -0.2) is 4.79 Å². The van der Waals surface area contributed by atoms with Crippen LogP contribution in [0.4, 0.5) is 0 Å². The van der Waals surface area contributed by atoms with Gasteiger partial charge in [0.25, 0.3) is 0 Å². The monoisotopic (exact) mass is 250 g/mol. The van der Waals surface area contributed by atoms with Gasteiger partial charge in [-0.15, -0.1) is 0 Å². The number of carbonyl (C=O) groups is 2. The number of hydrogen-bond donors (Lipinski definition) is 2. The van der Waals surface area contributed by atoms with Crippen molar-refractivity contribution in [1.29, 1.82) is 0 Å². The molecule has 1 unspecified atom stereocenters. The maximum Gasteiger partial charge on any atom is 0.332 e. The average molecular weight is 250 g/mol. The van der Waals surface area contributed by atoms with Crippen LogP contribution in [0.3, 0.4) is 0 Å². The smallest absolute Gasteiger partial charge is 0.332 e. The van der Waals surface area contributed by atoms with Crippen molar-refractivity contribution < 1.29 is 14.3 Å². The number of nitrogens with two attached hydrogens (primary N) is 1. The molecule has 0 heterocycles. The molecular weight excluding hydrogens is 232 g/mol. The Balaban J connectivity index is 2.57. The van der Waals surface area contributed by atoms with Crippen LogP contribution in [0, 0.1) is 0 Å². The summed E-state index contributed by atoms with van der Waals surface area (Å²) in [5, 5.41) is 2.67. The molecule has 1 rings (SSSR count). The van der Waals surface area contributed by atoms with E-state index in [1.807, 2.05) is 37.3 Å². The van der Waals surface area contributed by atoms with E-state index in [1.54, 1.807) is 6.92 Å². The lowest BCUT2D eigenvalue weighted by molar-refractivity contribution is -0.148. The van der Waals surface area contributed by atoms with Crippen LogP contribution in [0.5, 0.6) is 0 Å². The lowest BCUT2D eigenvalue weighted by atomic mass is 10.1. The number of hydrogen-bond acceptors (Lipinski definition) is 4. The molecule has 0 aliphatic heterocycles. The van der Waals surface area contributed by atoms with Gasteiger partial charge in [0.2, 0.25) is 5.91 Å². The minimum Gasteiger partial charge on any atom is -0.464 e. The number of benzene rings is 1. The minimum atomic E-state index is -1.28. The number of carbonyl (C=O) groups excluding carboxylic acids is 2. The highest BCUT2D eigenvalue weighted by Crippen LogP contribution is 2.10. The van der Waals surface area contributed by atoms with Gasteiger partial charge in [0.1, 0.15) is 0 Å². The highest BCUT2D eigenvalue weighted by molar-refractivity contribution is 6.01. The molecule has 0 bridgehead atoms. The average Bonchev–Trinajstić information content (AvgIpc) is 2.39. The Hall–Kier alpha value is -1.88. The molecule has 0 radical (unpaired) electrons. The first kappa shape index (κ1) is 14.2. The van der Waals surface area contributed by atoms with Gasteiger partial charge in [0.15, 0.2) is 6.04 Å². The molecule has 18 heavy (non-hydrogen) atoms. The van der Waals surface area contributed by atoms with Crippen molar-refractivity contribution in [2.24, 2.45) is 5.73 Å². The van der Waals surface area contributed by atoms with Gasteiger partial charge in [0, 0.05) is 0 Å². The van der Waals surface area contributed by atoms with Gasteiger partial charge in [0.05, 0.1) is 12.6 Å². The van der Waals surface area contributed by atoms with Gasteiger partial charge in [-0.3, -0.25) is 4.79 Å². The van der Waals surface area contributed by atoms with Crippen LogP contribution in [0.15, 0.2) is 30.3 Å². The third kappa shape index (κ3) is 3.85. The summed E-state index contributed by atoms with van der Waals surface area (Å²) in [6, 6.07) is 7.94. The van der Waals surface area contributed by atoms with Crippen molar-refractivity contribution >= 4 is 11.9 Å². The van der Waals surface area contributed by atoms with Crippen LogP contribution >= 0.6 is 0 Å². The summed E-state index contributed by atoms with van der Waals surface area (Å²) in [6.07, 6.45) is 0. The van der Waals surface area contributed by atoms with Crippen molar-refractivity contribution in [2.45, 2.75) is 25.9 Å². The van der Waals surface area contributed by atoms with E-state index in [2.05, 4.69) is 10.1 Å². The first-order valence-electron chi connectivity index (χ1n) is 5.83. The summed E-state index contributed by atoms with van der Waals surface area (Å²) in [7, 11) is 0. The van der Waals surface area contributed by atoms with Gasteiger partial charge < -0.3 is 15.8 Å². The van der Waals surface area contributed by atoms with Gasteiger partial charge in [-0.05, 0) is 19.4 Å². The van der Waals surface area contributed by atoms with E-state index < -0.39 is 17.9 Å². The molecular formula is C13H18N2O3. The van der Waals surface area contributed by atoms with Crippen LogP contribution in [0.1, 0.15) is 25.5 Å². The van der Waals surface area contributed by atoms with E-state index in [0.717, 1.165) is 5.56 Å². The van der Waals surface area contributed by atoms with Crippen molar-refractivity contribution in [3.05, 3.63) is 35.9 Å². The number of ether oxygens (including phenoxy) is 1. The van der Waals surface area contributed by atoms with Crippen molar-refractivity contribution in [1.82, 2.24) is 5.32 Å². The van der Waals surface area contributed by atoms with Gasteiger partial charge >= 0.3 is 5.97 Å². The highest BCUT2D eigenvalue weighted by Gasteiger charge is 2.24. The Bertz CT molecular complexity index is 406. The molecule has 2 atom stereocenters. The first-order chi connectivity index (χ1) is 8.56. The molecule has 0 aliphatic carbocycles. The fourth-order valence-electron chi connectivity index (χ4n) is 1.47. The fraction of sp³-hybridized carbons (Fsp3) is 0.385. The molecule has 1 amide bonds. The molecule has 0 fully saturated rings. The predicted molar refractivity (Wildman–Crippen MR) is 67.6 cm³/mol. The molecule has 1 aromatic rings. The lowest BCUT2D eigenvalue weighted by Crippen LogP contribution is -2.47. The molecule has 0 aromatic heterocycles. The van der Waals surface area contributed by atoms with E-state index in [0.29, 0.717) is 0 Å². The number of esters is 1. The Morgan fingerprint density at radius 1 is 1.33 bits per heavy atom. The number of rotatable bonds is 5. The summed E-state index contributed by atoms with van der Waals surface area (Å²) in [4.78, 5) is 23.0. The second-order valence-electron chi connectivity index (χ2n) is 3.87. The quantitative estimate of drug-likeness (QED) is 0.597. The zero-order valence-corrected chi connectivity index (χ0v) is 10.6. The SMILES string of the molecule is CCOC(=O)C(N)C(=O)N[C@H](C)c1ccccc1. The molecule has 0 saturated carbocycles. The summed E-state index contributed by atoms with van der Waals surface area (Å²) in [5.41, 5.74) is 6.43. The van der Waals surface area contributed by atoms with E-state index >= 15 is 0 Å². The molecule has 0 aliphatic rings. The maximum absolute atomic E-state index is 11.7. The lowest BCUT2D eigenvalue weighted by Gasteiger charge is -2.17. The third-order valence-corrected chi connectivity index (χ3v) is 2.48. The minimum absolute atomic E-state index is 0.202. The second-order valence-corrected chi connectivity index (χ2v) is 3.87. The zero-order chi connectivity index (χ0) is 13.5. The Kier molecular flexibility index (Phi) is 5.32. The van der Waals surface area contributed by atoms with Crippen LogP contribution in [0.25, 0.3) is 0 Å². The van der Waals surface area contributed by atoms with Crippen LogP contribution in [-0.2, 0) is 14.3 Å². The molecule has 1 aromatic carbocycles. The van der Waals surface area contributed by atoms with Crippen molar-refractivity contribution in [3.8, 4) is 0 Å². The molecule has 5 nitrogen and oxygen atoms in total. The number of amides is 1. The summed E-state index contributed by atoms with van der Waals surface area (Å²) in [5.74, 6) is -1.25. The maximum atomic E-state index is 11.7. The van der Waals surface area contributed by atoms with E-state index in [4.69, 9.17) is 5.73 Å². The molecule has 0 spiro atoms. The standard InChI is InChI=1S/C13H18N2O3/c1-3-18-13(17)11(14)12(16)15-9(2)10-7-5-4-6-8-10/h4-9,11H,3,14H2,1-2H3,(H,15,16)/t9-,11?/m1/s1. The van der Waals surface area contributed by atoms with Crippen LogP contribution in [-0.4, -0.2) is 24.5 Å². The molecule has 5 heteroatoms. The van der Waals surface area contributed by atoms with Crippen molar-refractivity contribution in [3.63, 3.8) is 0 Å². The van der Waals surface area contributed by atoms with E-state index in [9.17, 15) is 9.59 Å². The molecule has 0 saturated heterocycles. The van der Waals surface area contributed by atoms with Crippen LogP contribution in [0.2, 0.25) is 0 Å². The Labute approximate surface area is 106 Å². The summed E-state index contributed by atoms with van der Waals surface area (Å²) >= 11 is 0. The van der Waals surface area contributed by atoms with Gasteiger partial charge in [-0.1, -0.05) is 30.3 Å². The zero-order valence-electron chi connectivity index (χ0n) is 10.6. The molecule has 3 N–H and O–H groups in total. The Morgan fingerprint density at radius 3 is 2.50 bits per heavy atom. The predicted octanol–water partition coefficient (Wildman–Crippen LogP) is 0.754. The van der Waals surface area contributed by atoms with Gasteiger partial charge in [-0.2, -0.15) is 0 Å². The second kappa shape index (κ2) is 6.76. The van der Waals surface area contributed by atoms with Crippen LogP contribution < -0.4 is 11.1 Å². The largest absolute Gasteiger partial charge is 0.464 e. The summed E-state index contributed by atoms with van der Waals surface area (Å²) in [6.45, 7) is 3.69. The third-order valence-electron chi connectivity index (χ3n) is 2.48. The topological polar surface area (TPSA) is 81.4 Å². The first-order valence-corrected chi connectivity index (χ1v) is 5.83. The highest BCUT2D eigenvalue weighted by atomic mass is 16.5. The van der Waals surface area contributed by atoms with E-state index in [1.165, 1.54) is 0 Å². The molecule has 98 valence electrons. The normalized spacial score (nSPS) is 13.5. The van der Waals surface area contributed by atoms with Crippen molar-refractivity contribution in [2.75, 3.05) is 6.61 Å². The fourth-order valence-corrected chi connectivity index (χ4v) is 1.47. The Morgan fingerprint density at radius 2 is 1.94 bits per heavy atom. The summed E-state index contributed by atoms with van der Waals surface area (Å²) < 4.78 is 4.69.